The Morgan fingerprint density at radius 1 is 1.19 bits per heavy atom. The number of anilines is 1. The molecule has 0 aliphatic carbocycles. The number of ether oxygens (including phenoxy) is 1. The van der Waals surface area contributed by atoms with E-state index < -0.39 is 0 Å². The molecule has 1 saturated heterocycles. The number of nitrogen functional groups attached to an aromatic ring is 1. The maximum atomic E-state index is 13.3. The molecule has 1 atom stereocenters. The number of carbonyl (C=O) groups is 1. The van der Waals surface area contributed by atoms with E-state index in [1.54, 1.807) is 11.0 Å². The first-order valence-electron chi connectivity index (χ1n) is 12.4. The average Bonchev–Trinajstić information content (AvgIpc) is 3.54. The molecule has 1 amide bonds. The lowest BCUT2D eigenvalue weighted by atomic mass is 10.0. The first-order chi connectivity index (χ1) is 17.9. The zero-order valence-corrected chi connectivity index (χ0v) is 20.8. The summed E-state index contributed by atoms with van der Waals surface area (Å²) >= 11 is 0. The maximum Gasteiger partial charge on any atom is 0.264 e. The van der Waals surface area contributed by atoms with Crippen molar-refractivity contribution >= 4 is 22.6 Å². The summed E-state index contributed by atoms with van der Waals surface area (Å²) < 4.78 is 5.93. The number of aromatic nitrogens is 3. The number of hydrogen-bond donors (Lipinski definition) is 2. The monoisotopic (exact) mass is 492 g/mol. The van der Waals surface area contributed by atoms with Gasteiger partial charge in [-0.2, -0.15) is 10.4 Å². The molecule has 37 heavy (non-hydrogen) atoms. The summed E-state index contributed by atoms with van der Waals surface area (Å²) in [4.78, 5) is 20.0. The van der Waals surface area contributed by atoms with Crippen LogP contribution in [0.2, 0.25) is 0 Å². The van der Waals surface area contributed by atoms with Gasteiger partial charge in [-0.25, -0.2) is 4.98 Å². The number of H-pyrrole nitrogens is 1. The first-order valence-corrected chi connectivity index (χ1v) is 12.4. The van der Waals surface area contributed by atoms with Crippen molar-refractivity contribution in [2.75, 3.05) is 12.3 Å². The third-order valence-electron chi connectivity index (χ3n) is 6.40. The van der Waals surface area contributed by atoms with Crippen LogP contribution in [0, 0.1) is 17.2 Å². The molecule has 0 radical (unpaired) electrons. The molecule has 186 valence electrons. The second-order valence-electron chi connectivity index (χ2n) is 9.46. The number of rotatable bonds is 6. The van der Waals surface area contributed by atoms with Crippen LogP contribution in [0.5, 0.6) is 11.5 Å². The zero-order valence-electron chi connectivity index (χ0n) is 20.8. The van der Waals surface area contributed by atoms with Gasteiger partial charge in [0.25, 0.3) is 5.91 Å². The number of nitrogens with one attached hydrogen (secondary N) is 1. The Kier molecular flexibility index (Phi) is 6.60. The van der Waals surface area contributed by atoms with Crippen molar-refractivity contribution in [3.8, 4) is 28.8 Å². The fraction of sp³-hybridized carbons (Fsp3) is 0.241. The van der Waals surface area contributed by atoms with E-state index in [9.17, 15) is 10.1 Å². The molecule has 8 heteroatoms. The van der Waals surface area contributed by atoms with E-state index in [1.165, 1.54) is 0 Å². The third-order valence-corrected chi connectivity index (χ3v) is 6.40. The Hall–Kier alpha value is -4.64. The number of allylic oxidation sites excluding steroid dienone is 1. The predicted molar refractivity (Wildman–Crippen MR) is 142 cm³/mol. The lowest BCUT2D eigenvalue weighted by molar-refractivity contribution is -0.127. The van der Waals surface area contributed by atoms with Gasteiger partial charge in [-0.05, 0) is 61.2 Å². The van der Waals surface area contributed by atoms with Gasteiger partial charge in [-0.1, -0.05) is 38.1 Å². The van der Waals surface area contributed by atoms with Gasteiger partial charge < -0.3 is 15.4 Å². The summed E-state index contributed by atoms with van der Waals surface area (Å²) in [6.07, 6.45) is 3.31. The maximum absolute atomic E-state index is 13.3. The molecule has 0 unspecified atom stereocenters. The van der Waals surface area contributed by atoms with Gasteiger partial charge in [-0.3, -0.25) is 9.89 Å². The Bertz CT molecular complexity index is 1500. The standard InChI is InChI=1S/C29H28N6O2/c1-18(2)15-20(17-30)29(36)35-14-6-9-25(35)23-16-24-26(28(31)34-33-24)27(32-23)19-10-12-22(13-11-19)37-21-7-4-3-5-8-21/h3-5,7-8,10-13,15-16,18,25H,6,9,14H2,1-2H3,(H3,31,33,34)/t25-/m1/s1. The lowest BCUT2D eigenvalue weighted by Gasteiger charge is -2.25. The number of nitrogens with two attached hydrogens (primary N) is 1. The van der Waals surface area contributed by atoms with Crippen LogP contribution in [0.25, 0.3) is 22.2 Å². The first kappa shape index (κ1) is 24.1. The van der Waals surface area contributed by atoms with Crippen LogP contribution in [-0.2, 0) is 4.79 Å². The van der Waals surface area contributed by atoms with Crippen LogP contribution in [0.1, 0.15) is 38.4 Å². The van der Waals surface area contributed by atoms with E-state index in [0.29, 0.717) is 23.8 Å². The topological polar surface area (TPSA) is 121 Å². The Morgan fingerprint density at radius 2 is 1.92 bits per heavy atom. The summed E-state index contributed by atoms with van der Waals surface area (Å²) in [5.74, 6) is 1.66. The number of nitrogens with zero attached hydrogens (tertiary/aromatic N) is 4. The molecule has 2 aromatic heterocycles. The smallest absolute Gasteiger partial charge is 0.264 e. The van der Waals surface area contributed by atoms with E-state index in [1.807, 2.05) is 74.5 Å². The minimum absolute atomic E-state index is 0.0996. The Labute approximate surface area is 215 Å². The average molecular weight is 493 g/mol. The summed E-state index contributed by atoms with van der Waals surface area (Å²) in [5.41, 5.74) is 9.41. The SMILES string of the molecule is CC(C)C=C(C#N)C(=O)N1CCC[C@@H]1c1cc2[nH]nc(N)c2c(-c2ccc(Oc3ccccc3)cc2)n1. The number of fused-ring (bicyclic) bond motifs is 1. The van der Waals surface area contributed by atoms with Crippen LogP contribution >= 0.6 is 0 Å². The van der Waals surface area contributed by atoms with Gasteiger partial charge in [0.1, 0.15) is 23.1 Å². The molecule has 5 rings (SSSR count). The van der Waals surface area contributed by atoms with Crippen LogP contribution in [0.15, 0.2) is 72.3 Å². The molecule has 3 heterocycles. The molecule has 0 saturated carbocycles. The molecule has 3 N–H and O–H groups in total. The summed E-state index contributed by atoms with van der Waals surface area (Å²) in [6.45, 7) is 4.48. The molecule has 0 spiro atoms. The van der Waals surface area contributed by atoms with E-state index in [0.717, 1.165) is 40.8 Å². The number of pyridine rings is 1. The molecule has 1 aliphatic rings. The van der Waals surface area contributed by atoms with E-state index in [-0.39, 0.29) is 23.4 Å². The van der Waals surface area contributed by atoms with Gasteiger partial charge in [0.2, 0.25) is 0 Å². The summed E-state index contributed by atoms with van der Waals surface area (Å²) in [5, 5.41) is 17.5. The highest BCUT2D eigenvalue weighted by atomic mass is 16.5. The molecular formula is C29H28N6O2. The Morgan fingerprint density at radius 3 is 2.62 bits per heavy atom. The number of hydrogen-bond acceptors (Lipinski definition) is 6. The highest BCUT2D eigenvalue weighted by Gasteiger charge is 2.33. The number of para-hydroxylation sites is 1. The van der Waals surface area contributed by atoms with Gasteiger partial charge in [0, 0.05) is 12.1 Å². The van der Waals surface area contributed by atoms with E-state index in [2.05, 4.69) is 16.3 Å². The van der Waals surface area contributed by atoms with Crippen molar-refractivity contribution < 1.29 is 9.53 Å². The van der Waals surface area contributed by atoms with Crippen molar-refractivity contribution in [1.82, 2.24) is 20.1 Å². The van der Waals surface area contributed by atoms with Crippen molar-refractivity contribution in [1.29, 1.82) is 5.26 Å². The fourth-order valence-electron chi connectivity index (χ4n) is 4.74. The molecule has 1 fully saturated rings. The van der Waals surface area contributed by atoms with Gasteiger partial charge in [0.05, 0.1) is 28.3 Å². The minimum Gasteiger partial charge on any atom is -0.457 e. The normalized spacial score (nSPS) is 15.8. The van der Waals surface area contributed by atoms with Crippen LogP contribution in [-0.4, -0.2) is 32.5 Å². The third kappa shape index (κ3) is 4.89. The quantitative estimate of drug-likeness (QED) is 0.260. The minimum atomic E-state index is -0.256. The largest absolute Gasteiger partial charge is 0.457 e. The summed E-state index contributed by atoms with van der Waals surface area (Å²) in [7, 11) is 0. The second kappa shape index (κ2) is 10.2. The molecule has 4 aromatic rings. The molecule has 2 aromatic carbocycles. The predicted octanol–water partition coefficient (Wildman–Crippen LogP) is 5.77. The van der Waals surface area contributed by atoms with E-state index in [4.69, 9.17) is 15.5 Å². The lowest BCUT2D eigenvalue weighted by Crippen LogP contribution is -2.32. The molecule has 1 aliphatic heterocycles. The second-order valence-corrected chi connectivity index (χ2v) is 9.46. The molecular weight excluding hydrogens is 464 g/mol. The highest BCUT2D eigenvalue weighted by Crippen LogP contribution is 2.38. The number of aromatic amines is 1. The van der Waals surface area contributed by atoms with Crippen molar-refractivity contribution in [2.24, 2.45) is 5.92 Å². The number of likely N-dealkylation sites (tertiary alicyclic amines) is 1. The number of carbonyl (C=O) groups excluding carboxylic acids is 1. The molecule has 0 bridgehead atoms. The van der Waals surface area contributed by atoms with Crippen LogP contribution < -0.4 is 10.5 Å². The highest BCUT2D eigenvalue weighted by molar-refractivity contribution is 6.00. The summed E-state index contributed by atoms with van der Waals surface area (Å²) in [6, 6.07) is 21.0. The van der Waals surface area contributed by atoms with Crippen molar-refractivity contribution in [2.45, 2.75) is 32.7 Å². The number of amides is 1. The molecule has 8 nitrogen and oxygen atoms in total. The fourth-order valence-corrected chi connectivity index (χ4v) is 4.74. The van der Waals surface area contributed by atoms with Crippen LogP contribution in [0.3, 0.4) is 0 Å². The van der Waals surface area contributed by atoms with Gasteiger partial charge >= 0.3 is 0 Å². The zero-order chi connectivity index (χ0) is 25.9. The van der Waals surface area contributed by atoms with Crippen LogP contribution in [0.4, 0.5) is 5.82 Å². The van der Waals surface area contributed by atoms with Gasteiger partial charge in [0.15, 0.2) is 5.82 Å². The van der Waals surface area contributed by atoms with Crippen molar-refractivity contribution in [3.63, 3.8) is 0 Å². The Balaban J connectivity index is 1.51. The van der Waals surface area contributed by atoms with E-state index >= 15 is 0 Å². The van der Waals surface area contributed by atoms with Crippen molar-refractivity contribution in [3.05, 3.63) is 78.0 Å². The number of nitriles is 1. The number of benzene rings is 2. The van der Waals surface area contributed by atoms with Gasteiger partial charge in [-0.15, -0.1) is 0 Å².